The van der Waals surface area contributed by atoms with Gasteiger partial charge in [0.25, 0.3) is 11.8 Å². The molecule has 2 amide bonds. The van der Waals surface area contributed by atoms with Gasteiger partial charge in [0, 0.05) is 11.5 Å². The van der Waals surface area contributed by atoms with Gasteiger partial charge in [-0.1, -0.05) is 26.3 Å². The van der Waals surface area contributed by atoms with Crippen LogP contribution in [-0.4, -0.2) is 43.2 Å². The summed E-state index contributed by atoms with van der Waals surface area (Å²) in [7, 11) is 0.813. The van der Waals surface area contributed by atoms with Gasteiger partial charge in [0.15, 0.2) is 0 Å². The third-order valence-corrected chi connectivity index (χ3v) is 8.85. The first kappa shape index (κ1) is 23.1. The van der Waals surface area contributed by atoms with Crippen molar-refractivity contribution in [2.75, 3.05) is 7.11 Å². The molecule has 0 aromatic carbocycles. The molecule has 3 saturated carbocycles. The number of esters is 1. The first-order valence-electron chi connectivity index (χ1n) is 11.4. The summed E-state index contributed by atoms with van der Waals surface area (Å²) < 4.78 is 44.0. The van der Waals surface area contributed by atoms with Gasteiger partial charge in [0.05, 0.1) is 7.11 Å². The van der Waals surface area contributed by atoms with Crippen LogP contribution >= 0.6 is 0 Å². The van der Waals surface area contributed by atoms with E-state index < -0.39 is 35.4 Å². The monoisotopic (exact) mass is 456 g/mol. The number of hydrogen-bond acceptors (Lipinski definition) is 4. The number of fused-ring (bicyclic) bond motifs is 5. The van der Waals surface area contributed by atoms with Crippen LogP contribution in [0.15, 0.2) is 11.6 Å². The van der Waals surface area contributed by atoms with Gasteiger partial charge in [-0.2, -0.15) is 13.2 Å². The summed E-state index contributed by atoms with van der Waals surface area (Å²) in [5, 5.41) is 4.55. The maximum Gasteiger partial charge on any atom is 0.419 e. The lowest BCUT2D eigenvalue weighted by Gasteiger charge is -2.58. The second-order valence-electron chi connectivity index (χ2n) is 10.5. The molecular formula is C23H31F3N2O4. The van der Waals surface area contributed by atoms with Crippen molar-refractivity contribution in [3.63, 3.8) is 0 Å². The average Bonchev–Trinajstić information content (AvgIpc) is 3.12. The summed E-state index contributed by atoms with van der Waals surface area (Å²) in [6, 6.07) is -2.98. The van der Waals surface area contributed by atoms with E-state index in [1.54, 1.807) is 11.4 Å². The van der Waals surface area contributed by atoms with E-state index in [2.05, 4.69) is 17.0 Å². The molecule has 0 bridgehead atoms. The molecule has 0 aromatic rings. The smallest absolute Gasteiger partial charge is 0.419 e. The summed E-state index contributed by atoms with van der Waals surface area (Å²) in [6.07, 6.45) is 4.05. The Morgan fingerprint density at radius 3 is 2.53 bits per heavy atom. The lowest BCUT2D eigenvalue weighted by molar-refractivity contribution is -0.184. The third-order valence-electron chi connectivity index (χ3n) is 8.85. The van der Waals surface area contributed by atoms with Gasteiger partial charge in [-0.25, -0.2) is 4.79 Å². The quantitative estimate of drug-likeness (QED) is 0.504. The SMILES string of the molecule is COC(=O)C(NC(=O)C1=C[C@@]2(C)C(CC[C@@H]3[C@H]2CC[C@]2(C)CCC[C@@H]32)NC1=O)C(F)(F)F. The van der Waals surface area contributed by atoms with Crippen LogP contribution in [0, 0.1) is 28.6 Å². The molecule has 2 unspecified atom stereocenters. The predicted octanol–water partition coefficient (Wildman–Crippen LogP) is 3.26. The molecule has 4 rings (SSSR count). The van der Waals surface area contributed by atoms with Crippen molar-refractivity contribution >= 4 is 17.8 Å². The van der Waals surface area contributed by atoms with E-state index in [9.17, 15) is 27.6 Å². The second-order valence-corrected chi connectivity index (χ2v) is 10.5. The summed E-state index contributed by atoms with van der Waals surface area (Å²) in [5.74, 6) is -2.20. The second kappa shape index (κ2) is 7.76. The van der Waals surface area contributed by atoms with Crippen LogP contribution in [0.3, 0.4) is 0 Å². The molecule has 32 heavy (non-hydrogen) atoms. The van der Waals surface area contributed by atoms with Gasteiger partial charge in [0.1, 0.15) is 5.57 Å². The van der Waals surface area contributed by atoms with Gasteiger partial charge in [0.2, 0.25) is 6.04 Å². The van der Waals surface area contributed by atoms with E-state index in [-0.39, 0.29) is 17.5 Å². The average molecular weight is 457 g/mol. The number of hydrogen-bond donors (Lipinski definition) is 2. The molecule has 3 aliphatic carbocycles. The minimum atomic E-state index is -5.03. The third kappa shape index (κ3) is 3.61. The van der Waals surface area contributed by atoms with Crippen molar-refractivity contribution in [1.29, 1.82) is 0 Å². The largest absolute Gasteiger partial charge is 0.467 e. The molecule has 7 atom stereocenters. The molecular weight excluding hydrogens is 425 g/mol. The predicted molar refractivity (Wildman–Crippen MR) is 109 cm³/mol. The normalized spacial score (nSPS) is 39.6. The first-order valence-corrected chi connectivity index (χ1v) is 11.4. The van der Waals surface area contributed by atoms with Crippen LogP contribution in [0.4, 0.5) is 13.2 Å². The summed E-state index contributed by atoms with van der Waals surface area (Å²) in [6.45, 7) is 4.39. The number of methoxy groups -OCH3 is 1. The van der Waals surface area contributed by atoms with Crippen LogP contribution < -0.4 is 10.6 Å². The zero-order valence-corrected chi connectivity index (χ0v) is 18.7. The molecule has 4 aliphatic rings. The fourth-order valence-electron chi connectivity index (χ4n) is 7.20. The molecule has 6 nitrogen and oxygen atoms in total. The molecule has 178 valence electrons. The van der Waals surface area contributed by atoms with Gasteiger partial charge in [-0.05, 0) is 61.7 Å². The zero-order chi connectivity index (χ0) is 23.5. The van der Waals surface area contributed by atoms with Crippen LogP contribution in [0.2, 0.25) is 0 Å². The number of carbonyl (C=O) groups is 3. The fraction of sp³-hybridized carbons (Fsp3) is 0.783. The number of alkyl halides is 3. The van der Waals surface area contributed by atoms with Crippen molar-refractivity contribution in [3.8, 4) is 0 Å². The van der Waals surface area contributed by atoms with Crippen molar-refractivity contribution in [1.82, 2.24) is 10.6 Å². The van der Waals surface area contributed by atoms with Crippen LogP contribution in [0.5, 0.6) is 0 Å². The molecule has 3 fully saturated rings. The zero-order valence-electron chi connectivity index (χ0n) is 18.7. The molecule has 0 aromatic heterocycles. The lowest BCUT2D eigenvalue weighted by Crippen LogP contribution is -2.61. The Morgan fingerprint density at radius 2 is 1.88 bits per heavy atom. The van der Waals surface area contributed by atoms with Crippen molar-refractivity contribution in [2.45, 2.75) is 77.1 Å². The van der Waals surface area contributed by atoms with E-state index in [0.29, 0.717) is 17.3 Å². The van der Waals surface area contributed by atoms with E-state index in [4.69, 9.17) is 0 Å². The maximum absolute atomic E-state index is 13.3. The van der Waals surface area contributed by atoms with Crippen LogP contribution in [-0.2, 0) is 19.1 Å². The molecule has 1 heterocycles. The van der Waals surface area contributed by atoms with Crippen LogP contribution in [0.25, 0.3) is 0 Å². The van der Waals surface area contributed by atoms with Crippen molar-refractivity contribution in [2.24, 2.45) is 28.6 Å². The Labute approximate surface area is 185 Å². The Balaban J connectivity index is 1.63. The van der Waals surface area contributed by atoms with Gasteiger partial charge >= 0.3 is 12.1 Å². The Bertz CT molecular complexity index is 857. The molecule has 0 saturated heterocycles. The number of rotatable bonds is 3. The van der Waals surface area contributed by atoms with E-state index >= 15 is 0 Å². The van der Waals surface area contributed by atoms with Gasteiger partial charge in [-0.15, -0.1) is 0 Å². The number of ether oxygens (including phenoxy) is 1. The summed E-state index contributed by atoms with van der Waals surface area (Å²) >= 11 is 0. The standard InChI is InChI=1S/C23H31F3N2O4/c1-21-9-4-5-14(21)12-6-7-16-22(2,15(12)8-10-21)11-13(18(29)27-16)19(30)28-17(20(31)32-3)23(24,25)26/h11-12,14-17H,4-10H2,1-3H3,(H,27,29)(H,28,30)/t12-,14-,15+,16?,17?,21-,22+/m0/s1. The fourth-order valence-corrected chi connectivity index (χ4v) is 7.20. The van der Waals surface area contributed by atoms with Crippen molar-refractivity contribution in [3.05, 3.63) is 11.6 Å². The first-order chi connectivity index (χ1) is 14.9. The molecule has 9 heteroatoms. The molecule has 0 radical (unpaired) electrons. The molecule has 2 N–H and O–H groups in total. The molecule has 1 aliphatic heterocycles. The lowest BCUT2D eigenvalue weighted by atomic mass is 9.48. The van der Waals surface area contributed by atoms with E-state index in [0.717, 1.165) is 32.8 Å². The Morgan fingerprint density at radius 1 is 1.16 bits per heavy atom. The van der Waals surface area contributed by atoms with Crippen molar-refractivity contribution < 1.29 is 32.3 Å². The summed E-state index contributed by atoms with van der Waals surface area (Å²) in [5.41, 5.74) is -0.540. The Kier molecular flexibility index (Phi) is 5.61. The highest BCUT2D eigenvalue weighted by atomic mass is 19.4. The number of nitrogens with one attached hydrogen (secondary N) is 2. The topological polar surface area (TPSA) is 84.5 Å². The minimum absolute atomic E-state index is 0.155. The minimum Gasteiger partial charge on any atom is -0.467 e. The molecule has 0 spiro atoms. The maximum atomic E-state index is 13.3. The van der Waals surface area contributed by atoms with Crippen LogP contribution in [0.1, 0.15) is 58.8 Å². The highest BCUT2D eigenvalue weighted by Crippen LogP contribution is 2.63. The highest BCUT2D eigenvalue weighted by molar-refractivity contribution is 6.19. The highest BCUT2D eigenvalue weighted by Gasteiger charge is 2.58. The van der Waals surface area contributed by atoms with E-state index in [1.807, 2.05) is 6.92 Å². The Hall–Kier alpha value is -2.06. The number of halogens is 3. The number of amides is 2. The van der Waals surface area contributed by atoms with Gasteiger partial charge in [-0.3, -0.25) is 9.59 Å². The van der Waals surface area contributed by atoms with Gasteiger partial charge < -0.3 is 15.4 Å². The summed E-state index contributed by atoms with van der Waals surface area (Å²) in [4.78, 5) is 37.0. The van der Waals surface area contributed by atoms with E-state index in [1.165, 1.54) is 19.3 Å². The number of carbonyl (C=O) groups excluding carboxylic acids is 3.